The van der Waals surface area contributed by atoms with Crippen molar-refractivity contribution in [3.63, 3.8) is 0 Å². The molecule has 0 saturated carbocycles. The minimum absolute atomic E-state index is 0.0979. The van der Waals surface area contributed by atoms with Crippen molar-refractivity contribution in [3.05, 3.63) is 125 Å². The minimum Gasteiger partial charge on any atom is -0.488 e. The van der Waals surface area contributed by atoms with E-state index in [4.69, 9.17) is 4.74 Å². The lowest BCUT2D eigenvalue weighted by Gasteiger charge is -2.25. The first-order valence-electron chi connectivity index (χ1n) is 12.1. The molecule has 0 aliphatic rings. The van der Waals surface area contributed by atoms with Gasteiger partial charge in [0.05, 0.1) is 16.8 Å². The zero-order valence-electron chi connectivity index (χ0n) is 21.2. The number of benzene rings is 4. The molecule has 38 heavy (non-hydrogen) atoms. The number of ether oxygens (including phenoxy) is 1. The molecule has 0 saturated heterocycles. The van der Waals surface area contributed by atoms with Gasteiger partial charge in [0.1, 0.15) is 18.9 Å². The number of carbonyl (C=O) groups excluding carboxylic acids is 1. The van der Waals surface area contributed by atoms with E-state index < -0.39 is 22.5 Å². The fourth-order valence-corrected chi connectivity index (χ4v) is 5.40. The second kappa shape index (κ2) is 12.2. The maximum absolute atomic E-state index is 13.5. The predicted molar refractivity (Wildman–Crippen MR) is 150 cm³/mol. The molecule has 0 radical (unpaired) electrons. The standard InChI is InChI=1S/C30H29N3O4S/c1-23-17-18-28(24(2)19-23)33(38(35,36)27-14-7-4-8-15-27)21-30(34)32-31-20-26-13-9-10-16-29(26)37-22-25-11-5-3-6-12-25/h3-20H,21-22H2,1-2H3,(H,32,34)/b31-20-. The first kappa shape index (κ1) is 26.6. The molecule has 8 heteroatoms. The molecule has 1 N–H and O–H groups in total. The Labute approximate surface area is 223 Å². The van der Waals surface area contributed by atoms with Crippen LogP contribution in [-0.2, 0) is 21.4 Å². The largest absolute Gasteiger partial charge is 0.488 e. The van der Waals surface area contributed by atoms with E-state index >= 15 is 0 Å². The van der Waals surface area contributed by atoms with E-state index in [-0.39, 0.29) is 4.90 Å². The Morgan fingerprint density at radius 1 is 0.895 bits per heavy atom. The minimum atomic E-state index is -4.00. The van der Waals surface area contributed by atoms with E-state index in [2.05, 4.69) is 10.5 Å². The topological polar surface area (TPSA) is 88.1 Å². The second-order valence-electron chi connectivity index (χ2n) is 8.72. The first-order chi connectivity index (χ1) is 18.3. The highest BCUT2D eigenvalue weighted by atomic mass is 32.2. The van der Waals surface area contributed by atoms with Crippen LogP contribution in [0.3, 0.4) is 0 Å². The summed E-state index contributed by atoms with van der Waals surface area (Å²) in [6.07, 6.45) is 1.48. The van der Waals surface area contributed by atoms with Crippen molar-refractivity contribution in [1.29, 1.82) is 0 Å². The molecule has 4 aromatic rings. The SMILES string of the molecule is Cc1ccc(N(CC(=O)N/N=C\c2ccccc2OCc2ccccc2)S(=O)(=O)c2ccccc2)c(C)c1. The molecule has 0 aliphatic carbocycles. The van der Waals surface area contributed by atoms with Crippen molar-refractivity contribution < 1.29 is 17.9 Å². The van der Waals surface area contributed by atoms with Crippen molar-refractivity contribution in [2.45, 2.75) is 25.3 Å². The Bertz CT molecular complexity index is 1520. The molecule has 4 aromatic carbocycles. The molecule has 0 aliphatic heterocycles. The summed E-state index contributed by atoms with van der Waals surface area (Å²) in [6, 6.07) is 30.6. The lowest BCUT2D eigenvalue weighted by Crippen LogP contribution is -2.40. The number of para-hydroxylation sites is 1. The Kier molecular flexibility index (Phi) is 8.55. The van der Waals surface area contributed by atoms with Gasteiger partial charge in [-0.25, -0.2) is 13.8 Å². The smallest absolute Gasteiger partial charge is 0.264 e. The third kappa shape index (κ3) is 6.66. The molecule has 1 amide bonds. The Balaban J connectivity index is 1.50. The fourth-order valence-electron chi connectivity index (χ4n) is 3.90. The van der Waals surface area contributed by atoms with Gasteiger partial charge in [-0.05, 0) is 55.3 Å². The van der Waals surface area contributed by atoms with Crippen LogP contribution in [0, 0.1) is 13.8 Å². The highest BCUT2D eigenvalue weighted by molar-refractivity contribution is 7.92. The van der Waals surface area contributed by atoms with E-state index in [1.54, 1.807) is 24.3 Å². The van der Waals surface area contributed by atoms with Gasteiger partial charge in [-0.3, -0.25) is 9.10 Å². The van der Waals surface area contributed by atoms with Crippen LogP contribution in [-0.4, -0.2) is 27.1 Å². The van der Waals surface area contributed by atoms with Crippen LogP contribution in [0.4, 0.5) is 5.69 Å². The number of nitrogens with zero attached hydrogens (tertiary/aromatic N) is 2. The van der Waals surface area contributed by atoms with Gasteiger partial charge >= 0.3 is 0 Å². The summed E-state index contributed by atoms with van der Waals surface area (Å²) in [7, 11) is -4.00. The second-order valence-corrected chi connectivity index (χ2v) is 10.6. The summed E-state index contributed by atoms with van der Waals surface area (Å²) in [4.78, 5) is 13.0. The van der Waals surface area contributed by atoms with Crippen molar-refractivity contribution in [2.24, 2.45) is 5.10 Å². The summed E-state index contributed by atoms with van der Waals surface area (Å²) >= 11 is 0. The number of hydrogen-bond donors (Lipinski definition) is 1. The monoisotopic (exact) mass is 527 g/mol. The zero-order chi connectivity index (χ0) is 27.0. The Hall–Kier alpha value is -4.43. The lowest BCUT2D eigenvalue weighted by molar-refractivity contribution is -0.119. The van der Waals surface area contributed by atoms with Gasteiger partial charge in [-0.1, -0.05) is 78.4 Å². The number of sulfonamides is 1. The fraction of sp³-hybridized carbons (Fsp3) is 0.133. The van der Waals surface area contributed by atoms with Gasteiger partial charge in [0.15, 0.2) is 0 Å². The summed E-state index contributed by atoms with van der Waals surface area (Å²) in [5.41, 5.74) is 6.32. The summed E-state index contributed by atoms with van der Waals surface area (Å²) < 4.78 is 34.1. The Morgan fingerprint density at radius 2 is 1.55 bits per heavy atom. The highest BCUT2D eigenvalue weighted by Crippen LogP contribution is 2.27. The van der Waals surface area contributed by atoms with Crippen molar-refractivity contribution in [1.82, 2.24) is 5.43 Å². The van der Waals surface area contributed by atoms with Crippen molar-refractivity contribution in [2.75, 3.05) is 10.8 Å². The molecule has 0 bridgehead atoms. The Morgan fingerprint density at radius 3 is 2.26 bits per heavy atom. The molecular formula is C30H29N3O4S. The normalized spacial score (nSPS) is 11.3. The van der Waals surface area contributed by atoms with Crippen molar-refractivity contribution >= 4 is 27.8 Å². The molecule has 194 valence electrons. The summed E-state index contributed by atoms with van der Waals surface area (Å²) in [5, 5.41) is 4.07. The highest BCUT2D eigenvalue weighted by Gasteiger charge is 2.28. The number of aryl methyl sites for hydroxylation is 2. The summed E-state index contributed by atoms with van der Waals surface area (Å²) in [6.45, 7) is 3.69. The molecule has 0 atom stereocenters. The van der Waals surface area contributed by atoms with Gasteiger partial charge in [0, 0.05) is 5.56 Å². The quantitative estimate of drug-likeness (QED) is 0.226. The third-order valence-corrected chi connectivity index (χ3v) is 7.56. The average Bonchev–Trinajstić information content (AvgIpc) is 2.92. The number of carbonyl (C=O) groups is 1. The molecule has 0 heterocycles. The molecular weight excluding hydrogens is 498 g/mol. The van der Waals surface area contributed by atoms with Crippen molar-refractivity contribution in [3.8, 4) is 5.75 Å². The van der Waals surface area contributed by atoms with E-state index in [9.17, 15) is 13.2 Å². The number of anilines is 1. The van der Waals surface area contributed by atoms with E-state index in [0.717, 1.165) is 21.0 Å². The van der Waals surface area contributed by atoms with E-state index in [1.807, 2.05) is 80.6 Å². The molecule has 0 unspecified atom stereocenters. The molecule has 0 aromatic heterocycles. The number of hydrogen-bond acceptors (Lipinski definition) is 5. The van der Waals surface area contributed by atoms with E-state index in [1.165, 1.54) is 18.3 Å². The van der Waals surface area contributed by atoms with Gasteiger partial charge in [-0.2, -0.15) is 5.10 Å². The summed E-state index contributed by atoms with van der Waals surface area (Å²) in [5.74, 6) is 0.0290. The maximum Gasteiger partial charge on any atom is 0.264 e. The van der Waals surface area contributed by atoms with Crippen LogP contribution in [0.2, 0.25) is 0 Å². The van der Waals surface area contributed by atoms with Crippen LogP contribution in [0.5, 0.6) is 5.75 Å². The zero-order valence-corrected chi connectivity index (χ0v) is 22.1. The number of amides is 1. The number of nitrogens with one attached hydrogen (secondary N) is 1. The molecule has 0 fully saturated rings. The first-order valence-corrected chi connectivity index (χ1v) is 13.5. The van der Waals surface area contributed by atoms with Gasteiger partial charge < -0.3 is 4.74 Å². The van der Waals surface area contributed by atoms with Crippen LogP contribution < -0.4 is 14.5 Å². The lowest BCUT2D eigenvalue weighted by atomic mass is 10.1. The van der Waals surface area contributed by atoms with Gasteiger partial charge in [0.2, 0.25) is 0 Å². The van der Waals surface area contributed by atoms with Gasteiger partial charge in [0.25, 0.3) is 15.9 Å². The molecule has 4 rings (SSSR count). The maximum atomic E-state index is 13.5. The average molecular weight is 528 g/mol. The van der Waals surface area contributed by atoms with Crippen LogP contribution in [0.25, 0.3) is 0 Å². The van der Waals surface area contributed by atoms with Gasteiger partial charge in [-0.15, -0.1) is 0 Å². The molecule has 0 spiro atoms. The van der Waals surface area contributed by atoms with E-state index in [0.29, 0.717) is 23.6 Å². The number of hydrazone groups is 1. The number of rotatable bonds is 10. The van der Waals surface area contributed by atoms with Crippen LogP contribution in [0.15, 0.2) is 113 Å². The van der Waals surface area contributed by atoms with Crippen LogP contribution >= 0.6 is 0 Å². The molecule has 7 nitrogen and oxygen atoms in total. The third-order valence-electron chi connectivity index (χ3n) is 5.79. The predicted octanol–water partition coefficient (Wildman–Crippen LogP) is 5.23. The van der Waals surface area contributed by atoms with Crippen LogP contribution in [0.1, 0.15) is 22.3 Å².